The average molecular weight is 453 g/mol. The highest BCUT2D eigenvalue weighted by molar-refractivity contribution is 8.00. The molecule has 1 aromatic heterocycles. The van der Waals surface area contributed by atoms with E-state index in [1.807, 2.05) is 54.6 Å². The molecule has 0 aliphatic carbocycles. The van der Waals surface area contributed by atoms with Crippen molar-refractivity contribution in [3.05, 3.63) is 84.4 Å². The summed E-state index contributed by atoms with van der Waals surface area (Å²) in [7, 11) is 0. The van der Waals surface area contributed by atoms with Crippen LogP contribution in [0.5, 0.6) is 0 Å². The van der Waals surface area contributed by atoms with Gasteiger partial charge in [0.15, 0.2) is 5.82 Å². The zero-order valence-corrected chi connectivity index (χ0v) is 17.7. The third kappa shape index (κ3) is 4.75. The van der Waals surface area contributed by atoms with Crippen molar-refractivity contribution in [2.45, 2.75) is 23.4 Å². The van der Waals surface area contributed by atoms with Crippen molar-refractivity contribution in [3.63, 3.8) is 0 Å². The van der Waals surface area contributed by atoms with Crippen LogP contribution in [0.1, 0.15) is 12.5 Å². The predicted molar refractivity (Wildman–Crippen MR) is 120 cm³/mol. The summed E-state index contributed by atoms with van der Waals surface area (Å²) in [5.74, 6) is -0.0301. The second-order valence-corrected chi connectivity index (χ2v) is 8.36. The number of rotatable bonds is 5. The van der Waals surface area contributed by atoms with E-state index in [1.165, 1.54) is 30.0 Å². The fraction of sp³-hybridized carbons (Fsp3) is 0.125. The minimum atomic E-state index is -4.56. The summed E-state index contributed by atoms with van der Waals surface area (Å²) in [5, 5.41) is 3.07. The van der Waals surface area contributed by atoms with Gasteiger partial charge in [-0.1, -0.05) is 72.4 Å². The average Bonchev–Trinajstić information content (AvgIpc) is 2.79. The van der Waals surface area contributed by atoms with Crippen LogP contribution in [-0.2, 0) is 11.0 Å². The molecule has 0 aliphatic rings. The summed E-state index contributed by atoms with van der Waals surface area (Å²) in [4.78, 5) is 22.0. The highest BCUT2D eigenvalue weighted by atomic mass is 32.2. The van der Waals surface area contributed by atoms with Crippen molar-refractivity contribution >= 4 is 34.3 Å². The number of benzene rings is 3. The van der Waals surface area contributed by atoms with E-state index in [0.717, 1.165) is 22.5 Å². The lowest BCUT2D eigenvalue weighted by Crippen LogP contribution is -2.24. The van der Waals surface area contributed by atoms with Gasteiger partial charge in [0.25, 0.3) is 0 Å². The first-order valence-electron chi connectivity index (χ1n) is 9.79. The molecule has 1 atom stereocenters. The molecule has 0 saturated heterocycles. The Morgan fingerprint density at radius 2 is 1.56 bits per heavy atom. The zero-order valence-electron chi connectivity index (χ0n) is 16.9. The van der Waals surface area contributed by atoms with E-state index in [2.05, 4.69) is 15.3 Å². The van der Waals surface area contributed by atoms with E-state index in [-0.39, 0.29) is 5.69 Å². The summed E-state index contributed by atoms with van der Waals surface area (Å²) >= 11 is 1.18. The summed E-state index contributed by atoms with van der Waals surface area (Å²) in [6.45, 7) is 1.63. The molecule has 0 bridgehead atoms. The molecular weight excluding hydrogens is 435 g/mol. The van der Waals surface area contributed by atoms with Crippen molar-refractivity contribution in [2.24, 2.45) is 0 Å². The van der Waals surface area contributed by atoms with E-state index >= 15 is 0 Å². The maximum Gasteiger partial charge on any atom is 0.418 e. The second kappa shape index (κ2) is 9.00. The summed E-state index contributed by atoms with van der Waals surface area (Å²) in [6, 6.07) is 21.8. The Hall–Kier alpha value is -3.39. The van der Waals surface area contributed by atoms with Gasteiger partial charge in [-0.2, -0.15) is 13.2 Å². The van der Waals surface area contributed by atoms with Crippen molar-refractivity contribution < 1.29 is 18.0 Å². The Bertz CT molecular complexity index is 1260. The number of halogens is 3. The SMILES string of the molecule is C[C@@H](Sc1nc(-c2ccccc2)nc2ccccc12)C(=O)Nc1ccccc1C(F)(F)F. The molecule has 1 heterocycles. The first-order chi connectivity index (χ1) is 15.3. The van der Waals surface area contributed by atoms with Crippen LogP contribution in [0.2, 0.25) is 0 Å². The van der Waals surface area contributed by atoms with E-state index in [1.54, 1.807) is 6.92 Å². The van der Waals surface area contributed by atoms with Crippen LogP contribution in [0.4, 0.5) is 18.9 Å². The summed E-state index contributed by atoms with van der Waals surface area (Å²) in [5.41, 5.74) is 0.398. The fourth-order valence-corrected chi connectivity index (χ4v) is 4.09. The molecule has 0 radical (unpaired) electrons. The minimum Gasteiger partial charge on any atom is -0.325 e. The normalized spacial score (nSPS) is 12.5. The Morgan fingerprint density at radius 3 is 2.31 bits per heavy atom. The van der Waals surface area contributed by atoms with Gasteiger partial charge >= 0.3 is 6.18 Å². The Kier molecular flexibility index (Phi) is 6.14. The lowest BCUT2D eigenvalue weighted by atomic mass is 10.1. The smallest absolute Gasteiger partial charge is 0.325 e. The highest BCUT2D eigenvalue weighted by Gasteiger charge is 2.34. The number of hydrogen-bond donors (Lipinski definition) is 1. The summed E-state index contributed by atoms with van der Waals surface area (Å²) < 4.78 is 39.8. The van der Waals surface area contributed by atoms with Gasteiger partial charge in [-0.25, -0.2) is 9.97 Å². The number of carbonyl (C=O) groups excluding carboxylic acids is 1. The Balaban J connectivity index is 1.63. The number of nitrogens with one attached hydrogen (secondary N) is 1. The van der Waals surface area contributed by atoms with E-state index in [4.69, 9.17) is 0 Å². The van der Waals surface area contributed by atoms with Gasteiger partial charge in [-0.05, 0) is 25.1 Å². The number of carbonyl (C=O) groups is 1. The van der Waals surface area contributed by atoms with Crippen LogP contribution in [0, 0.1) is 0 Å². The van der Waals surface area contributed by atoms with Crippen LogP contribution in [0.15, 0.2) is 83.9 Å². The van der Waals surface area contributed by atoms with Crippen molar-refractivity contribution in [1.82, 2.24) is 9.97 Å². The molecule has 3 aromatic carbocycles. The van der Waals surface area contributed by atoms with Crippen molar-refractivity contribution in [2.75, 3.05) is 5.32 Å². The topological polar surface area (TPSA) is 54.9 Å². The molecule has 32 heavy (non-hydrogen) atoms. The quantitative estimate of drug-likeness (QED) is 0.279. The number of amides is 1. The molecular formula is C24H18F3N3OS. The Labute approximate surface area is 186 Å². The molecule has 0 saturated carbocycles. The number of aromatic nitrogens is 2. The monoisotopic (exact) mass is 453 g/mol. The lowest BCUT2D eigenvalue weighted by Gasteiger charge is -2.16. The van der Waals surface area contributed by atoms with Crippen LogP contribution < -0.4 is 5.32 Å². The molecule has 0 spiro atoms. The van der Waals surface area contributed by atoms with Crippen LogP contribution in [0.25, 0.3) is 22.3 Å². The van der Waals surface area contributed by atoms with Gasteiger partial charge < -0.3 is 5.32 Å². The number of fused-ring (bicyclic) bond motifs is 1. The zero-order chi connectivity index (χ0) is 22.7. The van der Waals surface area contributed by atoms with E-state index < -0.39 is 22.9 Å². The third-order valence-electron chi connectivity index (χ3n) is 4.75. The van der Waals surface area contributed by atoms with Crippen LogP contribution >= 0.6 is 11.8 Å². The Morgan fingerprint density at radius 1 is 0.906 bits per heavy atom. The summed E-state index contributed by atoms with van der Waals surface area (Å²) in [6.07, 6.45) is -4.56. The number of thioether (sulfide) groups is 1. The maximum atomic E-state index is 13.3. The van der Waals surface area contributed by atoms with Gasteiger partial charge in [0.05, 0.1) is 22.0 Å². The first-order valence-corrected chi connectivity index (χ1v) is 10.7. The highest BCUT2D eigenvalue weighted by Crippen LogP contribution is 2.36. The molecule has 8 heteroatoms. The van der Waals surface area contributed by atoms with Crippen molar-refractivity contribution in [1.29, 1.82) is 0 Å². The van der Waals surface area contributed by atoms with Crippen LogP contribution in [-0.4, -0.2) is 21.1 Å². The molecule has 4 aromatic rings. The van der Waals surface area contributed by atoms with Gasteiger partial charge in [-0.15, -0.1) is 0 Å². The number of anilines is 1. The molecule has 1 N–H and O–H groups in total. The third-order valence-corrected chi connectivity index (χ3v) is 5.85. The van der Waals surface area contributed by atoms with Gasteiger partial charge in [0.2, 0.25) is 5.91 Å². The number of para-hydroxylation sites is 2. The number of alkyl halides is 3. The molecule has 162 valence electrons. The van der Waals surface area contributed by atoms with Crippen molar-refractivity contribution in [3.8, 4) is 11.4 Å². The molecule has 0 aliphatic heterocycles. The lowest BCUT2D eigenvalue weighted by molar-refractivity contribution is -0.137. The molecule has 0 unspecified atom stereocenters. The number of nitrogens with zero attached hydrogens (tertiary/aromatic N) is 2. The fourth-order valence-electron chi connectivity index (χ4n) is 3.15. The van der Waals surface area contributed by atoms with E-state index in [9.17, 15) is 18.0 Å². The minimum absolute atomic E-state index is 0.269. The largest absolute Gasteiger partial charge is 0.418 e. The van der Waals surface area contributed by atoms with Crippen LogP contribution in [0.3, 0.4) is 0 Å². The number of hydrogen-bond acceptors (Lipinski definition) is 4. The molecule has 4 nitrogen and oxygen atoms in total. The molecule has 0 fully saturated rings. The van der Waals surface area contributed by atoms with Gasteiger partial charge in [0.1, 0.15) is 5.03 Å². The van der Waals surface area contributed by atoms with Gasteiger partial charge in [0, 0.05) is 10.9 Å². The maximum absolute atomic E-state index is 13.3. The standard InChI is InChI=1S/C24H18F3N3OS/c1-15(22(31)29-20-14-8-6-12-18(20)24(25,26)27)32-23-17-11-5-7-13-19(17)28-21(30-23)16-9-3-2-4-10-16/h2-15H,1H3,(H,29,31)/t15-/m1/s1. The first kappa shape index (κ1) is 21.8. The van der Waals surface area contributed by atoms with Gasteiger partial charge in [-0.3, -0.25) is 4.79 Å². The molecule has 1 amide bonds. The van der Waals surface area contributed by atoms with E-state index in [0.29, 0.717) is 10.9 Å². The molecule has 4 rings (SSSR count). The predicted octanol–water partition coefficient (Wildman–Crippen LogP) is 6.43. The second-order valence-electron chi connectivity index (χ2n) is 7.03.